The molecule has 0 aliphatic carbocycles. The first-order chi connectivity index (χ1) is 21.3. The molecule has 0 aromatic heterocycles. The van der Waals surface area contributed by atoms with Crippen molar-refractivity contribution in [3.63, 3.8) is 0 Å². The van der Waals surface area contributed by atoms with Gasteiger partial charge in [0.05, 0.1) is 0 Å². The average Bonchev–Trinajstić information content (AvgIpc) is 3.01. The van der Waals surface area contributed by atoms with Gasteiger partial charge in [0, 0.05) is 10.4 Å². The van der Waals surface area contributed by atoms with Gasteiger partial charge in [-0.3, -0.25) is 8.42 Å². The molecular formula is C39H54Na2O4S. The summed E-state index contributed by atoms with van der Waals surface area (Å²) in [6.45, 7) is 4.56. The minimum absolute atomic E-state index is 0. The predicted molar refractivity (Wildman–Crippen MR) is 186 cm³/mol. The van der Waals surface area contributed by atoms with Gasteiger partial charge < -0.3 is 9.11 Å². The van der Waals surface area contributed by atoms with Crippen molar-refractivity contribution in [2.75, 3.05) is 0 Å². The Morgan fingerprint density at radius 3 is 1.07 bits per heavy atom. The number of hydrogen-bond acceptors (Lipinski definition) is 4. The van der Waals surface area contributed by atoms with Crippen molar-refractivity contribution in [3.8, 4) is 0 Å². The van der Waals surface area contributed by atoms with Crippen molar-refractivity contribution in [1.29, 1.82) is 0 Å². The molecule has 0 aliphatic rings. The fourth-order valence-corrected chi connectivity index (χ4v) is 5.74. The third kappa shape index (κ3) is 21.3. The Labute approximate surface area is 324 Å². The molecule has 0 spiro atoms. The molecule has 0 radical (unpaired) electrons. The summed E-state index contributed by atoms with van der Waals surface area (Å²) in [6.07, 6.45) is 23.4. The Kier molecular flexibility index (Phi) is 27.7. The van der Waals surface area contributed by atoms with Crippen LogP contribution in [0.15, 0.2) is 84.9 Å². The molecule has 0 aliphatic heterocycles. The third-order valence-corrected chi connectivity index (χ3v) is 8.11. The van der Waals surface area contributed by atoms with E-state index in [1.807, 2.05) is 0 Å². The van der Waals surface area contributed by atoms with Crippen molar-refractivity contribution in [2.24, 2.45) is 0 Å². The maximum absolute atomic E-state index is 8.52. The zero-order chi connectivity index (χ0) is 31.9. The number of aryl methyl sites for hydroxylation is 2. The fourth-order valence-electron chi connectivity index (χ4n) is 5.74. The van der Waals surface area contributed by atoms with E-state index in [0.29, 0.717) is 0 Å². The smallest absolute Gasteiger partial charge is 0.759 e. The SMILES string of the molecule is CCCCCCCCCCCCc1cccc2ccccc12.CCCCCCCc1cccc2ccccc12.O=S(=O)([O-])[O-].[Na+].[Na+]. The van der Waals surface area contributed by atoms with E-state index in [1.165, 1.54) is 142 Å². The van der Waals surface area contributed by atoms with Gasteiger partial charge in [-0.15, -0.1) is 0 Å². The normalized spacial score (nSPS) is 10.6. The predicted octanol–water partition coefficient (Wildman–Crippen LogP) is 5.33. The summed E-state index contributed by atoms with van der Waals surface area (Å²) in [5, 5.41) is 5.64. The van der Waals surface area contributed by atoms with Crippen LogP contribution in [0.3, 0.4) is 0 Å². The zero-order valence-corrected chi connectivity index (χ0v) is 34.0. The van der Waals surface area contributed by atoms with Gasteiger partial charge in [0.2, 0.25) is 0 Å². The first-order valence-corrected chi connectivity index (χ1v) is 18.3. The van der Waals surface area contributed by atoms with E-state index < -0.39 is 10.4 Å². The van der Waals surface area contributed by atoms with E-state index in [2.05, 4.69) is 98.8 Å². The van der Waals surface area contributed by atoms with Crippen molar-refractivity contribution in [2.45, 2.75) is 123 Å². The Bertz CT molecular complexity index is 1410. The van der Waals surface area contributed by atoms with Gasteiger partial charge in [0.25, 0.3) is 0 Å². The largest absolute Gasteiger partial charge is 1.00 e. The molecule has 4 aromatic rings. The molecule has 0 N–H and O–H groups in total. The minimum Gasteiger partial charge on any atom is -0.759 e. The molecule has 0 unspecified atom stereocenters. The van der Waals surface area contributed by atoms with Crippen LogP contribution in [-0.2, 0) is 23.2 Å². The van der Waals surface area contributed by atoms with Gasteiger partial charge in [0.1, 0.15) is 0 Å². The van der Waals surface area contributed by atoms with Crippen LogP contribution < -0.4 is 59.1 Å². The molecule has 0 atom stereocenters. The zero-order valence-electron chi connectivity index (χ0n) is 29.1. The van der Waals surface area contributed by atoms with Gasteiger partial charge in [-0.2, -0.15) is 0 Å². The standard InChI is InChI=1S/C22H32.C17H22.2Na.H2O4S/c1-2-3-4-5-6-7-8-9-10-11-15-20-17-14-18-21-16-12-13-19-22(20)21;1-2-3-4-5-6-10-15-12-9-13-16-11-7-8-14-17(15)16;;;1-5(2,3)4/h12-14,16-19H,2-11,15H2,1H3;7-9,11-14H,2-6,10H2,1H3;;;(H2,1,2,3,4)/q;;2*+1;/p-2. The van der Waals surface area contributed by atoms with Crippen LogP contribution in [0.4, 0.5) is 0 Å². The third-order valence-electron chi connectivity index (χ3n) is 8.11. The maximum Gasteiger partial charge on any atom is 1.00 e. The summed E-state index contributed by atoms with van der Waals surface area (Å²) in [5.41, 5.74) is 3.04. The van der Waals surface area contributed by atoms with E-state index in [-0.39, 0.29) is 59.1 Å². The van der Waals surface area contributed by atoms with Crippen LogP contribution in [0.1, 0.15) is 121 Å². The van der Waals surface area contributed by atoms with E-state index in [1.54, 1.807) is 0 Å². The number of rotatable bonds is 17. The molecule has 0 bridgehead atoms. The van der Waals surface area contributed by atoms with E-state index >= 15 is 0 Å². The summed E-state index contributed by atoms with van der Waals surface area (Å²) in [6, 6.07) is 30.9. The van der Waals surface area contributed by atoms with Gasteiger partial charge >= 0.3 is 59.1 Å². The molecule has 7 heteroatoms. The van der Waals surface area contributed by atoms with Crippen molar-refractivity contribution >= 4 is 31.9 Å². The summed E-state index contributed by atoms with van der Waals surface area (Å²) in [4.78, 5) is 0. The van der Waals surface area contributed by atoms with Gasteiger partial charge in [-0.05, 0) is 58.4 Å². The van der Waals surface area contributed by atoms with Crippen LogP contribution in [0.5, 0.6) is 0 Å². The summed E-state index contributed by atoms with van der Waals surface area (Å²) in [7, 11) is -5.17. The average molecular weight is 665 g/mol. The molecule has 4 nitrogen and oxygen atoms in total. The molecule has 0 amide bonds. The maximum atomic E-state index is 8.52. The number of hydrogen-bond donors (Lipinski definition) is 0. The molecule has 46 heavy (non-hydrogen) atoms. The molecule has 0 saturated carbocycles. The topological polar surface area (TPSA) is 80.3 Å². The molecule has 242 valence electrons. The molecule has 0 heterocycles. The van der Waals surface area contributed by atoms with Crippen LogP contribution in [0.2, 0.25) is 0 Å². The van der Waals surface area contributed by atoms with Crippen LogP contribution in [-0.4, -0.2) is 17.5 Å². The Morgan fingerprint density at radius 1 is 0.435 bits per heavy atom. The Hall–Kier alpha value is -0.730. The van der Waals surface area contributed by atoms with E-state index in [9.17, 15) is 0 Å². The molecule has 4 rings (SSSR count). The monoisotopic (exact) mass is 664 g/mol. The second-order valence-electron chi connectivity index (χ2n) is 11.8. The summed E-state index contributed by atoms with van der Waals surface area (Å²) >= 11 is 0. The molecule has 0 fully saturated rings. The first kappa shape index (κ1) is 45.3. The van der Waals surface area contributed by atoms with Crippen molar-refractivity contribution in [3.05, 3.63) is 96.1 Å². The Morgan fingerprint density at radius 2 is 0.717 bits per heavy atom. The van der Waals surface area contributed by atoms with Crippen molar-refractivity contribution < 1.29 is 76.6 Å². The summed E-state index contributed by atoms with van der Waals surface area (Å²) in [5.74, 6) is 0. The molecule has 4 aromatic carbocycles. The summed E-state index contributed by atoms with van der Waals surface area (Å²) < 4.78 is 34.1. The van der Waals surface area contributed by atoms with E-state index in [0.717, 1.165) is 0 Å². The second kappa shape index (κ2) is 28.1. The molecule has 0 saturated heterocycles. The van der Waals surface area contributed by atoms with Crippen LogP contribution in [0.25, 0.3) is 21.5 Å². The number of fused-ring (bicyclic) bond motifs is 2. The first-order valence-electron chi connectivity index (χ1n) is 16.9. The number of unbranched alkanes of at least 4 members (excludes halogenated alkanes) is 13. The number of benzene rings is 4. The second-order valence-corrected chi connectivity index (χ2v) is 12.6. The van der Waals surface area contributed by atoms with Gasteiger partial charge in [0.15, 0.2) is 0 Å². The quantitative estimate of drug-likeness (QED) is 0.0662. The van der Waals surface area contributed by atoms with Crippen molar-refractivity contribution in [1.82, 2.24) is 0 Å². The van der Waals surface area contributed by atoms with Gasteiger partial charge in [-0.25, -0.2) is 0 Å². The molecular weight excluding hydrogens is 610 g/mol. The van der Waals surface area contributed by atoms with Crippen LogP contribution in [0, 0.1) is 0 Å². The fraction of sp³-hybridized carbons (Fsp3) is 0.487. The minimum atomic E-state index is -5.17. The van der Waals surface area contributed by atoms with Gasteiger partial charge in [-0.1, -0.05) is 182 Å². The Balaban J connectivity index is 0.000000754. The van der Waals surface area contributed by atoms with Crippen LogP contribution >= 0.6 is 0 Å². The van der Waals surface area contributed by atoms with E-state index in [4.69, 9.17) is 17.5 Å².